The molecule has 0 aliphatic heterocycles. The summed E-state index contributed by atoms with van der Waals surface area (Å²) in [4.78, 5) is 3.40. The van der Waals surface area contributed by atoms with Crippen LogP contribution in [0, 0.1) is 0 Å². The van der Waals surface area contributed by atoms with Crippen molar-refractivity contribution < 1.29 is 15.2 Å². The van der Waals surface area contributed by atoms with Gasteiger partial charge < -0.3 is 20.1 Å². The van der Waals surface area contributed by atoms with Crippen LogP contribution in [0.25, 0.3) is 10.9 Å². The average molecular weight is 388 g/mol. The van der Waals surface area contributed by atoms with Crippen molar-refractivity contribution in [1.82, 2.24) is 4.98 Å². The van der Waals surface area contributed by atoms with Crippen LogP contribution in [0.5, 0.6) is 5.75 Å². The molecule has 0 amide bonds. The van der Waals surface area contributed by atoms with Crippen LogP contribution in [0.15, 0.2) is 85.1 Å². The van der Waals surface area contributed by atoms with Gasteiger partial charge in [0.1, 0.15) is 18.4 Å². The molecule has 0 unspecified atom stereocenters. The van der Waals surface area contributed by atoms with Crippen molar-refractivity contribution in [2.75, 3.05) is 20.2 Å². The van der Waals surface area contributed by atoms with Crippen molar-refractivity contribution in [2.24, 2.45) is 0 Å². The zero-order valence-electron chi connectivity index (χ0n) is 16.6. The molecule has 0 bridgehead atoms. The molecule has 0 aliphatic carbocycles. The number of benzene rings is 3. The van der Waals surface area contributed by atoms with Gasteiger partial charge in [0.25, 0.3) is 0 Å². The first-order valence-electron chi connectivity index (χ1n) is 10.0. The molecule has 0 saturated heterocycles. The minimum Gasteiger partial charge on any atom is -0.497 e. The van der Waals surface area contributed by atoms with Crippen LogP contribution in [0.2, 0.25) is 0 Å². The maximum Gasteiger partial charge on any atom is 0.128 e. The van der Waals surface area contributed by atoms with Crippen LogP contribution in [-0.4, -0.2) is 30.3 Å². The van der Waals surface area contributed by atoms with Gasteiger partial charge in [-0.2, -0.15) is 0 Å². The van der Waals surface area contributed by atoms with Gasteiger partial charge in [-0.3, -0.25) is 0 Å². The molecule has 1 aromatic heterocycles. The molecular weight excluding hydrogens is 360 g/mol. The normalized spacial score (nSPS) is 13.3. The first kappa shape index (κ1) is 19.2. The molecule has 4 rings (SSSR count). The van der Waals surface area contributed by atoms with E-state index in [1.165, 1.54) is 16.5 Å². The highest BCUT2D eigenvalue weighted by Gasteiger charge is 2.21. The summed E-state index contributed by atoms with van der Waals surface area (Å²) in [5.41, 5.74) is 4.61. The number of aromatic amines is 1. The van der Waals surface area contributed by atoms with E-state index in [2.05, 4.69) is 46.8 Å². The Balaban J connectivity index is 1.56. The van der Waals surface area contributed by atoms with Gasteiger partial charge in [-0.05, 0) is 34.9 Å². The van der Waals surface area contributed by atoms with Crippen LogP contribution in [-0.2, 0) is 0 Å². The fraction of sp³-hybridized carbons (Fsp3) is 0.200. The van der Waals surface area contributed by atoms with E-state index >= 15 is 0 Å². The Kier molecular flexibility index (Phi) is 5.94. The van der Waals surface area contributed by atoms with Crippen LogP contribution >= 0.6 is 0 Å². The van der Waals surface area contributed by atoms with Gasteiger partial charge in [-0.25, -0.2) is 0 Å². The van der Waals surface area contributed by atoms with Gasteiger partial charge >= 0.3 is 0 Å². The molecule has 4 N–H and O–H groups in total. The predicted molar refractivity (Wildman–Crippen MR) is 116 cm³/mol. The van der Waals surface area contributed by atoms with Gasteiger partial charge in [0.2, 0.25) is 0 Å². The SMILES string of the molecule is COc1ccc([C@@H](C[NH2+]C[C@@H](O)c2ccccc2)c2c[nH]c3ccccc23)cc1. The van der Waals surface area contributed by atoms with Gasteiger partial charge in [0, 0.05) is 17.1 Å². The number of aliphatic hydroxyl groups is 1. The molecule has 4 nitrogen and oxygen atoms in total. The molecule has 0 saturated carbocycles. The molecule has 0 fully saturated rings. The van der Waals surface area contributed by atoms with E-state index in [0.717, 1.165) is 23.4 Å². The van der Waals surface area contributed by atoms with E-state index in [-0.39, 0.29) is 5.92 Å². The molecule has 29 heavy (non-hydrogen) atoms. The number of aromatic nitrogens is 1. The summed E-state index contributed by atoms with van der Waals surface area (Å²) in [5.74, 6) is 1.06. The van der Waals surface area contributed by atoms with Crippen molar-refractivity contribution in [3.8, 4) is 5.75 Å². The zero-order chi connectivity index (χ0) is 20.1. The molecule has 0 spiro atoms. The number of fused-ring (bicyclic) bond motifs is 1. The van der Waals surface area contributed by atoms with E-state index in [4.69, 9.17) is 4.74 Å². The summed E-state index contributed by atoms with van der Waals surface area (Å²) in [6.45, 7) is 1.47. The second-order valence-electron chi connectivity index (χ2n) is 7.30. The molecule has 3 aromatic carbocycles. The summed E-state index contributed by atoms with van der Waals surface area (Å²) in [5, 5.41) is 14.0. The summed E-state index contributed by atoms with van der Waals surface area (Å²) < 4.78 is 5.32. The molecule has 148 valence electrons. The Morgan fingerprint density at radius 2 is 1.59 bits per heavy atom. The van der Waals surface area contributed by atoms with Crippen molar-refractivity contribution in [1.29, 1.82) is 0 Å². The number of nitrogens with two attached hydrogens (primary N) is 1. The van der Waals surface area contributed by atoms with Crippen molar-refractivity contribution >= 4 is 10.9 Å². The average Bonchev–Trinajstić information content (AvgIpc) is 3.21. The number of rotatable bonds is 8. The molecule has 4 heteroatoms. The summed E-state index contributed by atoms with van der Waals surface area (Å²) in [6, 6.07) is 26.5. The number of hydrogen-bond donors (Lipinski definition) is 3. The van der Waals surface area contributed by atoms with Crippen molar-refractivity contribution in [3.63, 3.8) is 0 Å². The molecular formula is C25H27N2O2+. The lowest BCUT2D eigenvalue weighted by atomic mass is 9.90. The smallest absolute Gasteiger partial charge is 0.128 e. The molecule has 2 atom stereocenters. The van der Waals surface area contributed by atoms with E-state index in [1.807, 2.05) is 48.5 Å². The lowest BCUT2D eigenvalue weighted by molar-refractivity contribution is -0.663. The number of ether oxygens (including phenoxy) is 1. The van der Waals surface area contributed by atoms with Crippen LogP contribution in [0.1, 0.15) is 28.7 Å². The fourth-order valence-corrected chi connectivity index (χ4v) is 3.89. The fourth-order valence-electron chi connectivity index (χ4n) is 3.89. The van der Waals surface area contributed by atoms with E-state index < -0.39 is 6.10 Å². The largest absolute Gasteiger partial charge is 0.497 e. The first-order chi connectivity index (χ1) is 14.3. The molecule has 0 radical (unpaired) electrons. The monoisotopic (exact) mass is 387 g/mol. The van der Waals surface area contributed by atoms with Gasteiger partial charge in [0.15, 0.2) is 0 Å². The number of methoxy groups -OCH3 is 1. The Labute approximate surface area is 171 Å². The second-order valence-corrected chi connectivity index (χ2v) is 7.30. The number of quaternary nitrogens is 1. The quantitative estimate of drug-likeness (QED) is 0.433. The standard InChI is InChI=1S/C25H26N2O2/c1-29-20-13-11-18(12-14-20)22(23-16-27-24-10-6-5-9-21(23)24)15-26-17-25(28)19-7-3-2-4-8-19/h2-14,16,22,25-28H,15,17H2,1H3/p+1/t22-,25-/m1/s1. The highest BCUT2D eigenvalue weighted by molar-refractivity contribution is 5.84. The minimum atomic E-state index is -0.476. The molecule has 1 heterocycles. The van der Waals surface area contributed by atoms with Gasteiger partial charge in [-0.15, -0.1) is 0 Å². The number of para-hydroxylation sites is 1. The lowest BCUT2D eigenvalue weighted by Crippen LogP contribution is -2.86. The second kappa shape index (κ2) is 8.95. The molecule has 0 aliphatic rings. The third kappa shape index (κ3) is 4.34. The van der Waals surface area contributed by atoms with Gasteiger partial charge in [0.05, 0.1) is 19.6 Å². The van der Waals surface area contributed by atoms with E-state index in [9.17, 15) is 5.11 Å². The number of aliphatic hydroxyl groups excluding tert-OH is 1. The van der Waals surface area contributed by atoms with E-state index in [0.29, 0.717) is 6.54 Å². The Bertz CT molecular complexity index is 1040. The third-order valence-electron chi connectivity index (χ3n) is 5.49. The minimum absolute atomic E-state index is 0.208. The Morgan fingerprint density at radius 1 is 0.862 bits per heavy atom. The van der Waals surface area contributed by atoms with Gasteiger partial charge in [-0.1, -0.05) is 60.7 Å². The highest BCUT2D eigenvalue weighted by Crippen LogP contribution is 2.30. The van der Waals surface area contributed by atoms with Crippen molar-refractivity contribution in [2.45, 2.75) is 12.0 Å². The topological polar surface area (TPSA) is 61.9 Å². The third-order valence-corrected chi connectivity index (χ3v) is 5.49. The van der Waals surface area contributed by atoms with E-state index in [1.54, 1.807) is 7.11 Å². The highest BCUT2D eigenvalue weighted by atomic mass is 16.5. The molecule has 4 aromatic rings. The number of hydrogen-bond acceptors (Lipinski definition) is 2. The predicted octanol–water partition coefficient (Wildman–Crippen LogP) is 3.61. The Morgan fingerprint density at radius 3 is 2.34 bits per heavy atom. The van der Waals surface area contributed by atoms with Crippen LogP contribution in [0.4, 0.5) is 0 Å². The maximum absolute atomic E-state index is 10.5. The lowest BCUT2D eigenvalue weighted by Gasteiger charge is -2.18. The Hall–Kier alpha value is -3.08. The number of H-pyrrole nitrogens is 1. The summed E-state index contributed by atoms with van der Waals surface area (Å²) in [7, 11) is 1.69. The van der Waals surface area contributed by atoms with Crippen molar-refractivity contribution in [3.05, 3.63) is 102 Å². The number of nitrogens with one attached hydrogen (secondary N) is 1. The van der Waals surface area contributed by atoms with Crippen LogP contribution < -0.4 is 10.1 Å². The summed E-state index contributed by atoms with van der Waals surface area (Å²) in [6.07, 6.45) is 1.64. The first-order valence-corrected chi connectivity index (χ1v) is 10.0. The maximum atomic E-state index is 10.5. The van der Waals surface area contributed by atoms with Crippen LogP contribution in [0.3, 0.4) is 0 Å². The summed E-state index contributed by atoms with van der Waals surface area (Å²) >= 11 is 0. The zero-order valence-corrected chi connectivity index (χ0v) is 16.6.